The molecule has 0 radical (unpaired) electrons. The van der Waals surface area contributed by atoms with E-state index in [0.717, 1.165) is 11.1 Å². The maximum atomic E-state index is 13.1. The molecule has 0 fully saturated rings. The van der Waals surface area contributed by atoms with E-state index in [1.165, 1.54) is 9.13 Å². The van der Waals surface area contributed by atoms with Crippen molar-refractivity contribution in [3.63, 3.8) is 0 Å². The molecule has 30 heavy (non-hydrogen) atoms. The monoisotopic (exact) mass is 422 g/mol. The molecular formula is C21H19ClN6O2. The fourth-order valence-electron chi connectivity index (χ4n) is 3.19. The second-order valence-electron chi connectivity index (χ2n) is 6.78. The topological polar surface area (TPSA) is 86.2 Å². The lowest BCUT2D eigenvalue weighted by atomic mass is 10.2. The Balaban J connectivity index is 1.74. The van der Waals surface area contributed by atoms with Crippen LogP contribution < -0.4 is 16.7 Å². The van der Waals surface area contributed by atoms with Crippen LogP contribution in [0.5, 0.6) is 0 Å². The Morgan fingerprint density at radius 2 is 1.73 bits per heavy atom. The van der Waals surface area contributed by atoms with Crippen molar-refractivity contribution in [3.8, 4) is 0 Å². The van der Waals surface area contributed by atoms with Crippen LogP contribution in [0.2, 0.25) is 5.02 Å². The number of hydrogen-bond donors (Lipinski definition) is 1. The van der Waals surface area contributed by atoms with E-state index >= 15 is 0 Å². The first-order chi connectivity index (χ1) is 14.5. The number of halogens is 1. The Morgan fingerprint density at radius 1 is 1.03 bits per heavy atom. The minimum atomic E-state index is -0.430. The van der Waals surface area contributed by atoms with Gasteiger partial charge in [-0.15, -0.1) is 0 Å². The molecule has 1 N–H and O–H groups in total. The Labute approximate surface area is 176 Å². The average Bonchev–Trinajstić information content (AvgIpc) is 3.08. The molecule has 4 aromatic rings. The molecule has 0 atom stereocenters. The largest absolute Gasteiger partial charge is 0.332 e. The molecule has 0 aliphatic heterocycles. The zero-order valence-corrected chi connectivity index (χ0v) is 17.2. The van der Waals surface area contributed by atoms with E-state index in [9.17, 15) is 9.59 Å². The molecule has 2 heterocycles. The molecule has 0 bridgehead atoms. The van der Waals surface area contributed by atoms with E-state index in [4.69, 9.17) is 11.6 Å². The SMILES string of the molecule is Cn1c(N/N=C/c2ccccc2Cl)nc2c1c(=O)n(Cc1ccccc1)c(=O)n2C. The third-order valence-electron chi connectivity index (χ3n) is 4.82. The number of nitrogens with zero attached hydrogens (tertiary/aromatic N) is 5. The fraction of sp³-hybridized carbons (Fsp3) is 0.143. The lowest BCUT2D eigenvalue weighted by Crippen LogP contribution is -2.39. The lowest BCUT2D eigenvalue weighted by Gasteiger charge is -2.08. The first kappa shape index (κ1) is 19.7. The summed E-state index contributed by atoms with van der Waals surface area (Å²) in [5.74, 6) is 0.331. The van der Waals surface area contributed by atoms with Gasteiger partial charge in [0.2, 0.25) is 5.95 Å². The Morgan fingerprint density at radius 3 is 2.47 bits per heavy atom. The van der Waals surface area contributed by atoms with Crippen LogP contribution in [0.3, 0.4) is 0 Å². The lowest BCUT2D eigenvalue weighted by molar-refractivity contribution is 0.655. The van der Waals surface area contributed by atoms with Gasteiger partial charge in [-0.2, -0.15) is 10.1 Å². The van der Waals surface area contributed by atoms with Crippen LogP contribution in [0.15, 0.2) is 69.3 Å². The van der Waals surface area contributed by atoms with E-state index in [-0.39, 0.29) is 12.2 Å². The quantitative estimate of drug-likeness (QED) is 0.395. The molecule has 0 saturated carbocycles. The number of rotatable bonds is 5. The second kappa shape index (κ2) is 8.00. The number of aryl methyl sites for hydroxylation is 2. The number of anilines is 1. The molecule has 0 aliphatic rings. The molecular weight excluding hydrogens is 404 g/mol. The number of nitrogens with one attached hydrogen (secondary N) is 1. The van der Waals surface area contributed by atoms with Crippen LogP contribution in [-0.4, -0.2) is 24.9 Å². The maximum absolute atomic E-state index is 13.1. The highest BCUT2D eigenvalue weighted by Crippen LogP contribution is 2.15. The number of imidazole rings is 1. The number of hydrogen-bond acceptors (Lipinski definition) is 5. The van der Waals surface area contributed by atoms with E-state index in [2.05, 4.69) is 15.5 Å². The van der Waals surface area contributed by atoms with Crippen molar-refractivity contribution in [2.24, 2.45) is 19.2 Å². The van der Waals surface area contributed by atoms with Gasteiger partial charge in [0.1, 0.15) is 0 Å². The van der Waals surface area contributed by atoms with Crippen LogP contribution in [0, 0.1) is 0 Å². The van der Waals surface area contributed by atoms with Gasteiger partial charge >= 0.3 is 5.69 Å². The van der Waals surface area contributed by atoms with Crippen molar-refractivity contribution in [2.45, 2.75) is 6.54 Å². The fourth-order valence-corrected chi connectivity index (χ4v) is 3.37. The predicted octanol–water partition coefficient (Wildman–Crippen LogP) is 2.58. The van der Waals surface area contributed by atoms with Gasteiger partial charge in [-0.05, 0) is 11.6 Å². The number of benzene rings is 2. The minimum absolute atomic E-state index is 0.181. The van der Waals surface area contributed by atoms with E-state index in [0.29, 0.717) is 16.5 Å². The molecule has 0 amide bonds. The first-order valence-corrected chi connectivity index (χ1v) is 9.59. The van der Waals surface area contributed by atoms with Crippen molar-refractivity contribution in [1.82, 2.24) is 18.7 Å². The summed E-state index contributed by atoms with van der Waals surface area (Å²) in [4.78, 5) is 30.3. The molecule has 0 aliphatic carbocycles. The van der Waals surface area contributed by atoms with Crippen molar-refractivity contribution in [1.29, 1.82) is 0 Å². The second-order valence-corrected chi connectivity index (χ2v) is 7.18. The summed E-state index contributed by atoms with van der Waals surface area (Å²) in [6.45, 7) is 0.181. The molecule has 0 spiro atoms. The van der Waals surface area contributed by atoms with Gasteiger partial charge in [-0.1, -0.05) is 60.1 Å². The summed E-state index contributed by atoms with van der Waals surface area (Å²) < 4.78 is 4.15. The summed E-state index contributed by atoms with van der Waals surface area (Å²) in [5.41, 5.74) is 4.18. The zero-order chi connectivity index (χ0) is 21.3. The maximum Gasteiger partial charge on any atom is 0.332 e. The van der Waals surface area contributed by atoms with E-state index < -0.39 is 11.2 Å². The zero-order valence-electron chi connectivity index (χ0n) is 16.4. The Kier molecular flexibility index (Phi) is 5.24. The molecule has 0 unspecified atom stereocenters. The highest BCUT2D eigenvalue weighted by atomic mass is 35.5. The minimum Gasteiger partial charge on any atom is -0.306 e. The molecule has 152 valence electrons. The molecule has 8 nitrogen and oxygen atoms in total. The summed E-state index contributed by atoms with van der Waals surface area (Å²) in [6.07, 6.45) is 1.56. The van der Waals surface area contributed by atoms with Crippen LogP contribution in [0.4, 0.5) is 5.95 Å². The van der Waals surface area contributed by atoms with Gasteiger partial charge in [0.05, 0.1) is 12.8 Å². The highest BCUT2D eigenvalue weighted by molar-refractivity contribution is 6.33. The first-order valence-electron chi connectivity index (χ1n) is 9.21. The molecule has 4 rings (SSSR count). The van der Waals surface area contributed by atoms with Crippen LogP contribution in [0.25, 0.3) is 11.2 Å². The van der Waals surface area contributed by atoms with Gasteiger partial charge in [-0.3, -0.25) is 13.9 Å². The summed E-state index contributed by atoms with van der Waals surface area (Å²) >= 11 is 6.12. The standard InChI is InChI=1S/C21H19ClN6O2/c1-26-17-18(24-20(26)25-23-12-15-10-6-7-11-16(15)22)27(2)21(30)28(19(17)29)13-14-8-4-3-5-9-14/h3-12H,13H2,1-2H3,(H,24,25)/b23-12+. The van der Waals surface area contributed by atoms with Crippen molar-refractivity contribution < 1.29 is 0 Å². The number of aromatic nitrogens is 4. The van der Waals surface area contributed by atoms with Crippen molar-refractivity contribution >= 4 is 34.9 Å². The van der Waals surface area contributed by atoms with Crippen molar-refractivity contribution in [2.75, 3.05) is 5.43 Å². The highest BCUT2D eigenvalue weighted by Gasteiger charge is 2.18. The summed E-state index contributed by atoms with van der Waals surface area (Å²) in [7, 11) is 3.29. The van der Waals surface area contributed by atoms with Crippen molar-refractivity contribution in [3.05, 3.63) is 91.6 Å². The van der Waals surface area contributed by atoms with E-state index in [1.54, 1.807) is 30.9 Å². The van der Waals surface area contributed by atoms with Gasteiger partial charge in [-0.25, -0.2) is 10.2 Å². The molecule has 2 aromatic carbocycles. The average molecular weight is 423 g/mol. The molecule has 2 aromatic heterocycles. The van der Waals surface area contributed by atoms with Gasteiger partial charge in [0.15, 0.2) is 11.2 Å². The number of fused-ring (bicyclic) bond motifs is 1. The summed E-state index contributed by atoms with van der Waals surface area (Å²) in [6, 6.07) is 16.6. The van der Waals surface area contributed by atoms with Gasteiger partial charge in [0, 0.05) is 24.7 Å². The Hall–Kier alpha value is -3.65. The van der Waals surface area contributed by atoms with Crippen LogP contribution in [-0.2, 0) is 20.6 Å². The van der Waals surface area contributed by atoms with Gasteiger partial charge in [0.25, 0.3) is 5.56 Å². The Bertz CT molecular complexity index is 1370. The smallest absolute Gasteiger partial charge is 0.306 e. The van der Waals surface area contributed by atoms with Crippen LogP contribution in [0.1, 0.15) is 11.1 Å². The third-order valence-corrected chi connectivity index (χ3v) is 5.16. The molecule has 0 saturated heterocycles. The normalized spacial score (nSPS) is 11.4. The predicted molar refractivity (Wildman–Crippen MR) is 118 cm³/mol. The van der Waals surface area contributed by atoms with E-state index in [1.807, 2.05) is 48.5 Å². The molecule has 9 heteroatoms. The van der Waals surface area contributed by atoms with Crippen LogP contribution >= 0.6 is 11.6 Å². The number of hydrazone groups is 1. The van der Waals surface area contributed by atoms with Gasteiger partial charge < -0.3 is 4.57 Å². The summed E-state index contributed by atoms with van der Waals surface area (Å²) in [5, 5.41) is 4.73. The third kappa shape index (κ3) is 3.53.